The average Bonchev–Trinajstić information content (AvgIpc) is 2.08. The number of aryl methyl sites for hydroxylation is 1. The largest absolute Gasteiger partial charge is 0.508 e. The molecule has 12 heavy (non-hydrogen) atoms. The second-order valence-corrected chi connectivity index (χ2v) is 3.06. The van der Waals surface area contributed by atoms with Crippen molar-refractivity contribution in [2.24, 2.45) is 0 Å². The highest BCUT2D eigenvalue weighted by Gasteiger charge is 2.03. The Hall–Kier alpha value is -1.02. The summed E-state index contributed by atoms with van der Waals surface area (Å²) in [5.74, 6) is 0.363. The summed E-state index contributed by atoms with van der Waals surface area (Å²) in [5.41, 5.74) is 2.13. The van der Waals surface area contributed by atoms with E-state index in [-0.39, 0.29) is 0 Å². The van der Waals surface area contributed by atoms with Gasteiger partial charge in [0.2, 0.25) is 0 Å². The first-order valence-corrected chi connectivity index (χ1v) is 4.12. The zero-order valence-electron chi connectivity index (χ0n) is 7.76. The quantitative estimate of drug-likeness (QED) is 0.702. The lowest BCUT2D eigenvalue weighted by atomic mass is 10.1. The van der Waals surface area contributed by atoms with Crippen LogP contribution in [0.2, 0.25) is 0 Å². The van der Waals surface area contributed by atoms with Crippen molar-refractivity contribution in [2.45, 2.75) is 19.9 Å². The Bertz CT molecular complexity index is 271. The molecule has 0 aromatic heterocycles. The van der Waals surface area contributed by atoms with Crippen LogP contribution in [0.15, 0.2) is 18.2 Å². The lowest BCUT2D eigenvalue weighted by molar-refractivity contribution is 0.470. The number of benzene rings is 1. The molecule has 1 rings (SSSR count). The first kappa shape index (κ1) is 9.07. The summed E-state index contributed by atoms with van der Waals surface area (Å²) in [6.07, 6.45) is 0. The number of nitrogens with one attached hydrogen (secondary N) is 1. The fraction of sp³-hybridized carbons (Fsp3) is 0.400. The van der Waals surface area contributed by atoms with Gasteiger partial charge in [0.05, 0.1) is 0 Å². The van der Waals surface area contributed by atoms with E-state index in [2.05, 4.69) is 12.2 Å². The van der Waals surface area contributed by atoms with Gasteiger partial charge in [-0.15, -0.1) is 0 Å². The molecule has 1 aromatic rings. The molecule has 1 atom stereocenters. The van der Waals surface area contributed by atoms with E-state index in [0.29, 0.717) is 11.8 Å². The van der Waals surface area contributed by atoms with E-state index in [1.807, 2.05) is 26.1 Å². The number of phenols is 1. The van der Waals surface area contributed by atoms with Crippen molar-refractivity contribution in [2.75, 3.05) is 7.05 Å². The Balaban J connectivity index is 2.96. The fourth-order valence-electron chi connectivity index (χ4n) is 1.11. The zero-order valence-corrected chi connectivity index (χ0v) is 7.76. The van der Waals surface area contributed by atoms with Gasteiger partial charge in [0.1, 0.15) is 5.75 Å². The number of rotatable bonds is 2. The van der Waals surface area contributed by atoms with Crippen molar-refractivity contribution in [1.29, 1.82) is 0 Å². The topological polar surface area (TPSA) is 32.3 Å². The molecule has 0 radical (unpaired) electrons. The summed E-state index contributed by atoms with van der Waals surface area (Å²) in [6.45, 7) is 3.99. The molecule has 0 spiro atoms. The van der Waals surface area contributed by atoms with Crippen molar-refractivity contribution in [3.63, 3.8) is 0 Å². The van der Waals surface area contributed by atoms with E-state index in [1.54, 1.807) is 6.07 Å². The minimum Gasteiger partial charge on any atom is -0.508 e. The molecule has 0 aliphatic rings. The highest BCUT2D eigenvalue weighted by molar-refractivity contribution is 5.35. The van der Waals surface area contributed by atoms with E-state index < -0.39 is 0 Å². The van der Waals surface area contributed by atoms with Crippen LogP contribution in [0, 0.1) is 6.92 Å². The lowest BCUT2D eigenvalue weighted by Crippen LogP contribution is -2.12. The van der Waals surface area contributed by atoms with Gasteiger partial charge in [-0.1, -0.05) is 12.1 Å². The molecule has 66 valence electrons. The van der Waals surface area contributed by atoms with Gasteiger partial charge in [0, 0.05) is 6.04 Å². The van der Waals surface area contributed by atoms with E-state index in [9.17, 15) is 5.11 Å². The number of aromatic hydroxyl groups is 1. The van der Waals surface area contributed by atoms with Crippen LogP contribution in [0.1, 0.15) is 24.1 Å². The smallest absolute Gasteiger partial charge is 0.118 e. The molecule has 0 aliphatic carbocycles. The Morgan fingerprint density at radius 2 is 2.08 bits per heavy atom. The van der Waals surface area contributed by atoms with Gasteiger partial charge in [-0.2, -0.15) is 0 Å². The highest BCUT2D eigenvalue weighted by atomic mass is 16.3. The maximum Gasteiger partial charge on any atom is 0.118 e. The summed E-state index contributed by atoms with van der Waals surface area (Å²) in [7, 11) is 1.92. The van der Waals surface area contributed by atoms with Gasteiger partial charge in [-0.3, -0.25) is 0 Å². The third kappa shape index (κ3) is 1.77. The average molecular weight is 165 g/mol. The summed E-state index contributed by atoms with van der Waals surface area (Å²) < 4.78 is 0. The minimum atomic E-state index is 0.337. The standard InChI is InChI=1S/C10H15NO/c1-7-6-9(8(2)11-3)4-5-10(7)12/h4-6,8,11-12H,1-3H3. The lowest BCUT2D eigenvalue weighted by Gasteiger charge is -2.11. The van der Waals surface area contributed by atoms with Crippen molar-refractivity contribution >= 4 is 0 Å². The van der Waals surface area contributed by atoms with Crippen LogP contribution >= 0.6 is 0 Å². The van der Waals surface area contributed by atoms with Crippen LogP contribution in [0.4, 0.5) is 0 Å². The first-order valence-electron chi connectivity index (χ1n) is 4.12. The van der Waals surface area contributed by atoms with Crippen LogP contribution in [0.3, 0.4) is 0 Å². The summed E-state index contributed by atoms with van der Waals surface area (Å²) in [4.78, 5) is 0. The molecule has 0 amide bonds. The highest BCUT2D eigenvalue weighted by Crippen LogP contribution is 2.20. The maximum absolute atomic E-state index is 9.28. The molecule has 1 unspecified atom stereocenters. The van der Waals surface area contributed by atoms with E-state index in [4.69, 9.17) is 0 Å². The molecular weight excluding hydrogens is 150 g/mol. The fourth-order valence-corrected chi connectivity index (χ4v) is 1.11. The monoisotopic (exact) mass is 165 g/mol. The predicted octanol–water partition coefficient (Wildman–Crippen LogP) is 1.98. The Labute approximate surface area is 73.2 Å². The second-order valence-electron chi connectivity index (χ2n) is 3.06. The van der Waals surface area contributed by atoms with Gasteiger partial charge in [0.15, 0.2) is 0 Å². The summed E-state index contributed by atoms with van der Waals surface area (Å²) >= 11 is 0. The molecule has 2 N–H and O–H groups in total. The van der Waals surface area contributed by atoms with Crippen LogP contribution in [-0.2, 0) is 0 Å². The van der Waals surface area contributed by atoms with Crippen LogP contribution in [0.25, 0.3) is 0 Å². The second kappa shape index (κ2) is 3.59. The van der Waals surface area contributed by atoms with Crippen molar-refractivity contribution in [3.05, 3.63) is 29.3 Å². The Kier molecular flexibility index (Phi) is 2.71. The van der Waals surface area contributed by atoms with E-state index in [1.165, 1.54) is 5.56 Å². The molecular formula is C10H15NO. The summed E-state index contributed by atoms with van der Waals surface area (Å²) in [6, 6.07) is 6.00. The number of hydrogen-bond donors (Lipinski definition) is 2. The molecule has 0 heterocycles. The first-order chi connectivity index (χ1) is 5.65. The Morgan fingerprint density at radius 3 is 2.58 bits per heavy atom. The third-order valence-corrected chi connectivity index (χ3v) is 2.15. The molecule has 0 saturated carbocycles. The van der Waals surface area contributed by atoms with Crippen LogP contribution in [0.5, 0.6) is 5.75 Å². The van der Waals surface area contributed by atoms with E-state index in [0.717, 1.165) is 5.56 Å². The molecule has 2 nitrogen and oxygen atoms in total. The number of hydrogen-bond acceptors (Lipinski definition) is 2. The van der Waals surface area contributed by atoms with Crippen LogP contribution < -0.4 is 5.32 Å². The third-order valence-electron chi connectivity index (χ3n) is 2.15. The summed E-state index contributed by atoms with van der Waals surface area (Å²) in [5, 5.41) is 12.4. The van der Waals surface area contributed by atoms with Crippen molar-refractivity contribution < 1.29 is 5.11 Å². The van der Waals surface area contributed by atoms with Crippen LogP contribution in [-0.4, -0.2) is 12.2 Å². The van der Waals surface area contributed by atoms with Crippen molar-refractivity contribution in [1.82, 2.24) is 5.32 Å². The van der Waals surface area contributed by atoms with E-state index >= 15 is 0 Å². The van der Waals surface area contributed by atoms with Crippen molar-refractivity contribution in [3.8, 4) is 5.75 Å². The predicted molar refractivity (Wildman–Crippen MR) is 50.3 cm³/mol. The molecule has 0 aliphatic heterocycles. The molecule has 0 fully saturated rings. The minimum absolute atomic E-state index is 0.337. The Morgan fingerprint density at radius 1 is 1.42 bits per heavy atom. The number of phenolic OH excluding ortho intramolecular Hbond substituents is 1. The molecule has 0 bridgehead atoms. The van der Waals surface area contributed by atoms with Gasteiger partial charge < -0.3 is 10.4 Å². The normalized spacial score (nSPS) is 12.9. The van der Waals surface area contributed by atoms with Gasteiger partial charge in [-0.05, 0) is 38.1 Å². The van der Waals surface area contributed by atoms with Gasteiger partial charge in [-0.25, -0.2) is 0 Å². The zero-order chi connectivity index (χ0) is 9.14. The maximum atomic E-state index is 9.28. The SMILES string of the molecule is CNC(C)c1ccc(O)c(C)c1. The molecule has 2 heteroatoms. The molecule has 0 saturated heterocycles. The van der Waals surface area contributed by atoms with Gasteiger partial charge >= 0.3 is 0 Å². The molecule has 1 aromatic carbocycles. The van der Waals surface area contributed by atoms with Gasteiger partial charge in [0.25, 0.3) is 0 Å².